The minimum Gasteiger partial charge on any atom is -0.393 e. The average molecular weight is 346 g/mol. The normalized spacial score (nSPS) is 52.0. The lowest BCUT2D eigenvalue weighted by molar-refractivity contribution is -0.166. The molecular weight excluding hydrogens is 316 g/mol. The minimum atomic E-state index is -1.36. The van der Waals surface area contributed by atoms with Crippen LogP contribution in [0.1, 0.15) is 65.7 Å². The zero-order valence-electron chi connectivity index (χ0n) is 15.5. The lowest BCUT2D eigenvalue weighted by Gasteiger charge is -2.57. The van der Waals surface area contributed by atoms with Crippen LogP contribution in [0.15, 0.2) is 11.6 Å². The molecule has 0 aliphatic heterocycles. The van der Waals surface area contributed by atoms with Gasteiger partial charge in [0.1, 0.15) is 11.4 Å². The molecule has 3 saturated carbocycles. The molecular formula is C21H30O4. The van der Waals surface area contributed by atoms with Crippen LogP contribution in [0, 0.1) is 28.6 Å². The van der Waals surface area contributed by atoms with Crippen LogP contribution in [0.3, 0.4) is 0 Å². The third-order valence-corrected chi connectivity index (χ3v) is 8.50. The SMILES string of the molecule is CC(=O)[C@@]1(O)CC[C@H]2[C@@H]3CC=C4C[C@H](O)CC[C@]4(C)[C@H]3C(=O)C[C@@]21C. The first-order chi connectivity index (χ1) is 11.6. The van der Waals surface area contributed by atoms with E-state index in [1.807, 2.05) is 6.92 Å². The van der Waals surface area contributed by atoms with Gasteiger partial charge in [0.15, 0.2) is 5.78 Å². The van der Waals surface area contributed by atoms with Crippen LogP contribution in [0.4, 0.5) is 0 Å². The monoisotopic (exact) mass is 346 g/mol. The van der Waals surface area contributed by atoms with E-state index in [-0.39, 0.29) is 40.8 Å². The minimum absolute atomic E-state index is 0.0209. The van der Waals surface area contributed by atoms with Gasteiger partial charge in [-0.1, -0.05) is 25.5 Å². The second kappa shape index (κ2) is 5.26. The molecule has 2 N–H and O–H groups in total. The van der Waals surface area contributed by atoms with Gasteiger partial charge in [0.25, 0.3) is 0 Å². The van der Waals surface area contributed by atoms with Crippen LogP contribution >= 0.6 is 0 Å². The van der Waals surface area contributed by atoms with E-state index < -0.39 is 11.0 Å². The number of hydrogen-bond acceptors (Lipinski definition) is 4. The first kappa shape index (κ1) is 17.4. The Labute approximate surface area is 149 Å². The first-order valence-corrected chi connectivity index (χ1v) is 9.77. The molecule has 0 bridgehead atoms. The summed E-state index contributed by atoms with van der Waals surface area (Å²) in [5.74, 6) is 0.430. The van der Waals surface area contributed by atoms with Crippen molar-refractivity contribution in [2.45, 2.75) is 77.4 Å². The van der Waals surface area contributed by atoms with Crippen molar-refractivity contribution < 1.29 is 19.8 Å². The Balaban J connectivity index is 1.76. The van der Waals surface area contributed by atoms with E-state index in [1.54, 1.807) is 0 Å². The van der Waals surface area contributed by atoms with Crippen molar-refractivity contribution in [2.75, 3.05) is 0 Å². The maximum atomic E-state index is 13.3. The Morgan fingerprint density at radius 1 is 1.24 bits per heavy atom. The van der Waals surface area contributed by atoms with E-state index in [4.69, 9.17) is 0 Å². The molecule has 0 aromatic rings. The van der Waals surface area contributed by atoms with E-state index in [2.05, 4.69) is 13.0 Å². The zero-order valence-corrected chi connectivity index (χ0v) is 15.5. The molecule has 138 valence electrons. The van der Waals surface area contributed by atoms with Gasteiger partial charge >= 0.3 is 0 Å². The van der Waals surface area contributed by atoms with Crippen molar-refractivity contribution >= 4 is 11.6 Å². The van der Waals surface area contributed by atoms with Gasteiger partial charge in [-0.2, -0.15) is 0 Å². The van der Waals surface area contributed by atoms with Gasteiger partial charge in [0.05, 0.1) is 6.10 Å². The van der Waals surface area contributed by atoms with Crippen molar-refractivity contribution in [2.24, 2.45) is 28.6 Å². The summed E-state index contributed by atoms with van der Waals surface area (Å²) in [5, 5.41) is 21.2. The largest absolute Gasteiger partial charge is 0.393 e. The molecule has 0 saturated heterocycles. The number of allylic oxidation sites excluding steroid dienone is 1. The van der Waals surface area contributed by atoms with Crippen LogP contribution in [0.5, 0.6) is 0 Å². The number of Topliss-reactive ketones (excluding diaryl/α,β-unsaturated/α-hetero) is 2. The zero-order chi connectivity index (χ0) is 18.2. The van der Waals surface area contributed by atoms with Crippen LogP contribution < -0.4 is 0 Å². The predicted octanol–water partition coefficient (Wildman–Crippen LogP) is 2.81. The molecule has 3 fully saturated rings. The summed E-state index contributed by atoms with van der Waals surface area (Å²) in [5.41, 5.74) is -0.888. The van der Waals surface area contributed by atoms with Crippen molar-refractivity contribution in [1.82, 2.24) is 0 Å². The highest BCUT2D eigenvalue weighted by Crippen LogP contribution is 2.66. The van der Waals surface area contributed by atoms with Gasteiger partial charge in [0, 0.05) is 17.8 Å². The molecule has 25 heavy (non-hydrogen) atoms. The fourth-order valence-electron chi connectivity index (χ4n) is 7.05. The maximum Gasteiger partial charge on any atom is 0.161 e. The third-order valence-electron chi connectivity index (χ3n) is 8.50. The van der Waals surface area contributed by atoms with E-state index in [1.165, 1.54) is 12.5 Å². The van der Waals surface area contributed by atoms with Crippen LogP contribution in [-0.4, -0.2) is 33.5 Å². The molecule has 4 rings (SSSR count). The summed E-state index contributed by atoms with van der Waals surface area (Å²) in [6.07, 6.45) is 6.71. The highest BCUT2D eigenvalue weighted by molar-refractivity contribution is 5.90. The smallest absolute Gasteiger partial charge is 0.161 e. The number of hydrogen-bond donors (Lipinski definition) is 2. The molecule has 7 atom stereocenters. The van der Waals surface area contributed by atoms with Gasteiger partial charge in [-0.25, -0.2) is 0 Å². The lowest BCUT2D eigenvalue weighted by atomic mass is 9.46. The first-order valence-electron chi connectivity index (χ1n) is 9.77. The molecule has 0 aromatic heterocycles. The van der Waals surface area contributed by atoms with Crippen LogP contribution in [-0.2, 0) is 9.59 Å². The molecule has 0 radical (unpaired) electrons. The number of carbonyl (C=O) groups excluding carboxylic acids is 2. The number of aliphatic hydroxyl groups excluding tert-OH is 1. The Morgan fingerprint density at radius 3 is 2.64 bits per heavy atom. The topological polar surface area (TPSA) is 74.6 Å². The van der Waals surface area contributed by atoms with Gasteiger partial charge in [-0.3, -0.25) is 9.59 Å². The van der Waals surface area contributed by atoms with Gasteiger partial charge < -0.3 is 10.2 Å². The summed E-state index contributed by atoms with van der Waals surface area (Å²) >= 11 is 0. The summed E-state index contributed by atoms with van der Waals surface area (Å²) in [6.45, 7) is 5.63. The molecule has 0 spiro atoms. The van der Waals surface area contributed by atoms with E-state index in [9.17, 15) is 19.8 Å². The molecule has 4 aliphatic carbocycles. The summed E-state index contributed by atoms with van der Waals surface area (Å²) in [7, 11) is 0. The quantitative estimate of drug-likeness (QED) is 0.716. The number of fused-ring (bicyclic) bond motifs is 5. The van der Waals surface area contributed by atoms with Crippen LogP contribution in [0.25, 0.3) is 0 Å². The van der Waals surface area contributed by atoms with Crippen molar-refractivity contribution in [3.63, 3.8) is 0 Å². The highest BCUT2D eigenvalue weighted by atomic mass is 16.3. The molecule has 0 heterocycles. The Hall–Kier alpha value is -1.00. The summed E-state index contributed by atoms with van der Waals surface area (Å²) in [6, 6.07) is 0. The maximum absolute atomic E-state index is 13.3. The van der Waals surface area contributed by atoms with E-state index >= 15 is 0 Å². The number of carbonyl (C=O) groups is 2. The Morgan fingerprint density at radius 2 is 1.96 bits per heavy atom. The van der Waals surface area contributed by atoms with Gasteiger partial charge in [-0.15, -0.1) is 0 Å². The van der Waals surface area contributed by atoms with Gasteiger partial charge in [-0.05, 0) is 62.7 Å². The van der Waals surface area contributed by atoms with Gasteiger partial charge in [0.2, 0.25) is 0 Å². The fourth-order valence-corrected chi connectivity index (χ4v) is 7.05. The predicted molar refractivity (Wildman–Crippen MR) is 93.7 cm³/mol. The summed E-state index contributed by atoms with van der Waals surface area (Å²) < 4.78 is 0. The van der Waals surface area contributed by atoms with E-state index in [0.29, 0.717) is 19.3 Å². The van der Waals surface area contributed by atoms with Crippen molar-refractivity contribution in [1.29, 1.82) is 0 Å². The molecule has 4 nitrogen and oxygen atoms in total. The molecule has 0 unspecified atom stereocenters. The molecule has 4 heteroatoms. The second-order valence-corrected chi connectivity index (χ2v) is 9.54. The standard InChI is InChI=1S/C21H30O4/c1-12(22)21(25)9-7-16-15-5-4-13-10-14(23)6-8-19(13,2)18(15)17(24)11-20(16,21)3/h4,14-16,18,23,25H,5-11H2,1-3H3/t14-,15+,16+,18-,19+,20+,21+/m1/s1. The van der Waals surface area contributed by atoms with E-state index in [0.717, 1.165) is 25.7 Å². The molecule has 0 amide bonds. The Kier molecular flexibility index (Phi) is 3.66. The Bertz CT molecular complexity index is 667. The van der Waals surface area contributed by atoms with Crippen molar-refractivity contribution in [3.8, 4) is 0 Å². The second-order valence-electron chi connectivity index (χ2n) is 9.54. The third kappa shape index (κ3) is 2.07. The van der Waals surface area contributed by atoms with Crippen LogP contribution in [0.2, 0.25) is 0 Å². The lowest BCUT2D eigenvalue weighted by Crippen LogP contribution is -2.60. The number of ketones is 2. The number of rotatable bonds is 1. The average Bonchev–Trinajstić information content (AvgIpc) is 2.80. The molecule has 4 aliphatic rings. The highest BCUT2D eigenvalue weighted by Gasteiger charge is 2.67. The fraction of sp³-hybridized carbons (Fsp3) is 0.810. The van der Waals surface area contributed by atoms with Crippen molar-refractivity contribution in [3.05, 3.63) is 11.6 Å². The summed E-state index contributed by atoms with van der Waals surface area (Å²) in [4.78, 5) is 25.5. The molecule has 0 aromatic carbocycles. The number of aliphatic hydroxyl groups is 2.